The monoisotopic (exact) mass is 445 g/mol. The van der Waals surface area contributed by atoms with Gasteiger partial charge in [-0.1, -0.05) is 6.07 Å². The summed E-state index contributed by atoms with van der Waals surface area (Å²) in [7, 11) is 0.180. The van der Waals surface area contributed by atoms with Gasteiger partial charge < -0.3 is 20.1 Å². The number of amides is 2. The predicted octanol–water partition coefficient (Wildman–Crippen LogP) is 2.81. The van der Waals surface area contributed by atoms with Crippen LogP contribution in [0.2, 0.25) is 0 Å². The smallest absolute Gasteiger partial charge is 0.269 e. The first-order valence-corrected chi connectivity index (χ1v) is 10.7. The summed E-state index contributed by atoms with van der Waals surface area (Å²) in [6.07, 6.45) is 0. The van der Waals surface area contributed by atoms with E-state index >= 15 is 0 Å². The zero-order valence-corrected chi connectivity index (χ0v) is 18.6. The van der Waals surface area contributed by atoms with Crippen molar-refractivity contribution in [1.82, 2.24) is 0 Å². The molecule has 2 N–H and O–H groups in total. The number of nitrogens with zero attached hydrogens (tertiary/aromatic N) is 1. The van der Waals surface area contributed by atoms with Crippen molar-refractivity contribution in [3.63, 3.8) is 0 Å². The Bertz CT molecular complexity index is 1200. The van der Waals surface area contributed by atoms with Crippen LogP contribution in [0.1, 0.15) is 19.4 Å². The van der Waals surface area contributed by atoms with E-state index in [4.69, 9.17) is 9.47 Å². The van der Waals surface area contributed by atoms with Crippen LogP contribution in [0.15, 0.2) is 41.3 Å². The van der Waals surface area contributed by atoms with Gasteiger partial charge in [0.15, 0.2) is 16.4 Å². The maximum Gasteiger partial charge on any atom is 0.269 e. The number of methoxy groups -OCH3 is 2. The third-order valence-corrected chi connectivity index (χ3v) is 6.78. The summed E-state index contributed by atoms with van der Waals surface area (Å²) in [6, 6.07) is 9.62. The van der Waals surface area contributed by atoms with Crippen LogP contribution in [0.25, 0.3) is 5.57 Å². The Morgan fingerprint density at radius 1 is 0.968 bits per heavy atom. The maximum absolute atomic E-state index is 13.2. The molecule has 1 heterocycles. The topological polar surface area (TPSA) is 114 Å². The van der Waals surface area contributed by atoms with Crippen molar-refractivity contribution in [1.29, 1.82) is 0 Å². The summed E-state index contributed by atoms with van der Waals surface area (Å²) in [5.41, 5.74) is 2.00. The number of rotatable bonds is 5. The van der Waals surface area contributed by atoms with E-state index < -0.39 is 15.9 Å². The quantitative estimate of drug-likeness (QED) is 0.732. The molecule has 1 aliphatic heterocycles. The molecule has 0 unspecified atom stereocenters. The lowest BCUT2D eigenvalue weighted by Gasteiger charge is -2.30. The fourth-order valence-corrected chi connectivity index (χ4v) is 4.83. The second-order valence-electron chi connectivity index (χ2n) is 6.87. The molecule has 2 aromatic carbocycles. The van der Waals surface area contributed by atoms with Crippen molar-refractivity contribution < 1.29 is 27.5 Å². The number of ether oxygens (including phenoxy) is 2. The van der Waals surface area contributed by atoms with Gasteiger partial charge in [-0.25, -0.2) is 8.42 Å². The highest BCUT2D eigenvalue weighted by atomic mass is 32.2. The van der Waals surface area contributed by atoms with Crippen LogP contribution < -0.4 is 24.4 Å². The minimum Gasteiger partial charge on any atom is -0.493 e. The number of sulfonamides is 1. The largest absolute Gasteiger partial charge is 0.493 e. The Hall–Kier alpha value is -3.53. The van der Waals surface area contributed by atoms with Gasteiger partial charge in [0.1, 0.15) is 0 Å². The van der Waals surface area contributed by atoms with Crippen molar-refractivity contribution in [2.24, 2.45) is 0 Å². The van der Waals surface area contributed by atoms with Gasteiger partial charge in [0.05, 0.1) is 19.9 Å². The van der Waals surface area contributed by atoms with Crippen LogP contribution in [-0.4, -0.2) is 41.5 Å². The third kappa shape index (κ3) is 4.06. The van der Waals surface area contributed by atoms with E-state index in [0.29, 0.717) is 34.1 Å². The second-order valence-corrected chi connectivity index (χ2v) is 8.77. The van der Waals surface area contributed by atoms with E-state index in [0.717, 1.165) is 4.31 Å². The number of nitrogens with one attached hydrogen (secondary N) is 2. The first kappa shape index (κ1) is 22.2. The summed E-state index contributed by atoms with van der Waals surface area (Å²) in [6.45, 7) is 2.93. The molecule has 0 fully saturated rings. The molecule has 31 heavy (non-hydrogen) atoms. The standard InChI is InChI=1S/C21H23N3O6S/c1-12-16-10-18(29-4)19(30-5)11-17(16)24(3)31(27,28)20(12)21(26)23-15-8-6-7-14(9-15)22-13(2)25/h6-11H,1-5H3,(H,22,25)(H,23,26). The van der Waals surface area contributed by atoms with Gasteiger partial charge in [-0.15, -0.1) is 0 Å². The molecule has 3 rings (SSSR count). The molecule has 0 spiro atoms. The van der Waals surface area contributed by atoms with Gasteiger partial charge >= 0.3 is 0 Å². The molecule has 164 valence electrons. The normalized spacial score (nSPS) is 14.5. The number of anilines is 3. The maximum atomic E-state index is 13.2. The first-order valence-electron chi connectivity index (χ1n) is 9.25. The Labute approximate surface area is 180 Å². The molecule has 10 heteroatoms. The highest BCUT2D eigenvalue weighted by molar-refractivity contribution is 7.97. The number of fused-ring (bicyclic) bond motifs is 1. The van der Waals surface area contributed by atoms with E-state index in [9.17, 15) is 18.0 Å². The van der Waals surface area contributed by atoms with Crippen LogP contribution in [0.5, 0.6) is 11.5 Å². The van der Waals surface area contributed by atoms with Crippen LogP contribution in [0, 0.1) is 0 Å². The number of hydrogen-bond donors (Lipinski definition) is 2. The summed E-state index contributed by atoms with van der Waals surface area (Å²) < 4.78 is 38.0. The van der Waals surface area contributed by atoms with Crippen molar-refractivity contribution >= 4 is 44.5 Å². The Morgan fingerprint density at radius 2 is 1.55 bits per heavy atom. The van der Waals surface area contributed by atoms with Crippen LogP contribution >= 0.6 is 0 Å². The van der Waals surface area contributed by atoms with E-state index in [2.05, 4.69) is 10.6 Å². The number of carbonyl (C=O) groups excluding carboxylic acids is 2. The highest BCUT2D eigenvalue weighted by Gasteiger charge is 2.38. The highest BCUT2D eigenvalue weighted by Crippen LogP contribution is 2.44. The molecule has 2 aromatic rings. The molecule has 1 aliphatic rings. The third-order valence-electron chi connectivity index (χ3n) is 4.85. The van der Waals surface area contributed by atoms with Crippen LogP contribution in [-0.2, 0) is 19.6 Å². The molecule has 0 aliphatic carbocycles. The van der Waals surface area contributed by atoms with Crippen molar-refractivity contribution in [2.75, 3.05) is 36.2 Å². The summed E-state index contributed by atoms with van der Waals surface area (Å²) >= 11 is 0. The van der Waals surface area contributed by atoms with Gasteiger partial charge in [-0.2, -0.15) is 0 Å². The minimum atomic E-state index is -4.12. The zero-order chi connectivity index (χ0) is 22.9. The second kappa shape index (κ2) is 8.31. The lowest BCUT2D eigenvalue weighted by atomic mass is 10.0. The molecule has 9 nitrogen and oxygen atoms in total. The van der Waals surface area contributed by atoms with Crippen molar-refractivity contribution in [3.05, 3.63) is 46.9 Å². The van der Waals surface area contributed by atoms with Crippen molar-refractivity contribution in [3.8, 4) is 11.5 Å². The number of hydrogen-bond acceptors (Lipinski definition) is 6. The number of carbonyl (C=O) groups is 2. The number of benzene rings is 2. The fraction of sp³-hybridized carbons (Fsp3) is 0.238. The van der Waals surface area contributed by atoms with Gasteiger partial charge in [-0.05, 0) is 36.8 Å². The lowest BCUT2D eigenvalue weighted by Crippen LogP contribution is -2.36. The molecular formula is C21H23N3O6S. The molecule has 2 amide bonds. The molecule has 0 saturated heterocycles. The Morgan fingerprint density at radius 3 is 2.13 bits per heavy atom. The predicted molar refractivity (Wildman–Crippen MR) is 119 cm³/mol. The first-order chi connectivity index (χ1) is 14.6. The van der Waals surface area contributed by atoms with Gasteiger partial charge in [0, 0.05) is 37.0 Å². The van der Waals surface area contributed by atoms with E-state index in [-0.39, 0.29) is 16.4 Å². The summed E-state index contributed by atoms with van der Waals surface area (Å²) in [4.78, 5) is 23.9. The Kier molecular flexibility index (Phi) is 5.94. The van der Waals surface area contributed by atoms with Gasteiger partial charge in [0.2, 0.25) is 5.91 Å². The van der Waals surface area contributed by atoms with Gasteiger partial charge in [0.25, 0.3) is 15.9 Å². The molecule has 0 aromatic heterocycles. The van der Waals surface area contributed by atoms with Crippen LogP contribution in [0.4, 0.5) is 17.1 Å². The average molecular weight is 445 g/mol. The molecular weight excluding hydrogens is 422 g/mol. The average Bonchev–Trinajstić information content (AvgIpc) is 2.70. The Balaban J connectivity index is 2.07. The molecule has 0 bridgehead atoms. The fourth-order valence-electron chi connectivity index (χ4n) is 3.36. The van der Waals surface area contributed by atoms with Gasteiger partial charge in [-0.3, -0.25) is 13.9 Å². The number of allylic oxidation sites excluding steroid dienone is 1. The van der Waals surface area contributed by atoms with E-state index in [1.165, 1.54) is 34.3 Å². The minimum absolute atomic E-state index is 0.264. The molecule has 0 saturated carbocycles. The summed E-state index contributed by atoms with van der Waals surface area (Å²) in [5.74, 6) is -0.265. The SMILES string of the molecule is COc1cc2c(cc1OC)N(C)S(=O)(=O)C(C(=O)Nc1cccc(NC(C)=O)c1)=C2C. The molecule has 0 radical (unpaired) electrons. The lowest BCUT2D eigenvalue weighted by molar-refractivity contribution is -0.114. The van der Waals surface area contributed by atoms with E-state index in [1.54, 1.807) is 37.3 Å². The van der Waals surface area contributed by atoms with Crippen molar-refractivity contribution in [2.45, 2.75) is 13.8 Å². The molecule has 0 atom stereocenters. The zero-order valence-electron chi connectivity index (χ0n) is 17.8. The van der Waals surface area contributed by atoms with E-state index in [1.807, 2.05) is 0 Å². The van der Waals surface area contributed by atoms with Crippen LogP contribution in [0.3, 0.4) is 0 Å². The summed E-state index contributed by atoms with van der Waals surface area (Å²) in [5, 5.41) is 5.22.